The van der Waals surface area contributed by atoms with E-state index in [0.717, 1.165) is 30.6 Å². The van der Waals surface area contributed by atoms with Crippen LogP contribution in [-0.4, -0.2) is 104 Å². The number of amides is 2. The van der Waals surface area contributed by atoms with Gasteiger partial charge in [0.15, 0.2) is 6.20 Å². The molecule has 2 aliphatic rings. The Labute approximate surface area is 352 Å². The molecule has 1 fully saturated rings. The summed E-state index contributed by atoms with van der Waals surface area (Å²) < 4.78 is 31.4. The van der Waals surface area contributed by atoms with E-state index in [1.54, 1.807) is 11.8 Å². The monoisotopic (exact) mass is 862 g/mol. The zero-order chi connectivity index (χ0) is 42.8. The van der Waals surface area contributed by atoms with E-state index in [4.69, 9.17) is 14.0 Å². The van der Waals surface area contributed by atoms with E-state index in [0.29, 0.717) is 32.6 Å². The third-order valence-corrected chi connectivity index (χ3v) is 12.0. The van der Waals surface area contributed by atoms with Gasteiger partial charge in [-0.25, -0.2) is 9.36 Å². The Kier molecular flexibility index (Phi) is 15.3. The van der Waals surface area contributed by atoms with Crippen molar-refractivity contribution in [3.05, 3.63) is 110 Å². The van der Waals surface area contributed by atoms with Gasteiger partial charge < -0.3 is 39.3 Å². The smallest absolute Gasteiger partial charge is 0.330 e. The number of methoxy groups -OCH3 is 1. The zero-order valence-electron chi connectivity index (χ0n) is 34.2. The van der Waals surface area contributed by atoms with Crippen LogP contribution in [0.2, 0.25) is 0 Å². The standard InChI is InChI=1S/C42H52N7O9PS/c1-46(24-20-44-38(51)17-16-30-27-49(42(53)45-41(30)52)39-26-34(58-59(4,54)55)35(57-39)28-56-3)23-19-43-37(50)15-9-10-21-48-33-13-7-8-14-36(33)60-40(48)25-29-18-22-47(2)32-12-6-5-11-31(29)32/h5-8,11-14,16-18,22,25,27,34-35,39H,9-10,15,19-21,23-24,26,28H2,1-4H3,(H3-,43,44,45,50,51,52,53,54,55)/p+1/b17-16+. The third-order valence-electron chi connectivity index (χ3n) is 10.2. The molecule has 4 atom stereocenters. The Morgan fingerprint density at radius 2 is 1.83 bits per heavy atom. The molecule has 2 aliphatic heterocycles. The fraction of sp³-hybridized carbons (Fsp3) is 0.405. The van der Waals surface area contributed by atoms with Crippen molar-refractivity contribution in [2.75, 3.05) is 65.1 Å². The van der Waals surface area contributed by atoms with E-state index in [2.05, 4.69) is 99.0 Å². The first-order valence-corrected chi connectivity index (χ1v) is 22.7. The maximum absolute atomic E-state index is 12.7. The lowest BCUT2D eigenvalue weighted by Gasteiger charge is -2.21. The summed E-state index contributed by atoms with van der Waals surface area (Å²) >= 11 is 1.77. The van der Waals surface area contributed by atoms with Gasteiger partial charge in [0.25, 0.3) is 5.56 Å². The number of thioether (sulfide) groups is 1. The van der Waals surface area contributed by atoms with Crippen molar-refractivity contribution in [2.45, 2.75) is 49.0 Å². The topological polar surface area (TPSA) is 188 Å². The minimum atomic E-state index is -3.86. The van der Waals surface area contributed by atoms with Crippen LogP contribution in [0.25, 0.3) is 23.1 Å². The fourth-order valence-electron chi connectivity index (χ4n) is 7.15. The molecule has 2 aromatic heterocycles. The number of fused-ring (bicyclic) bond motifs is 2. The van der Waals surface area contributed by atoms with Crippen LogP contribution in [0.15, 0.2) is 92.6 Å². The van der Waals surface area contributed by atoms with Crippen molar-refractivity contribution in [1.82, 2.24) is 25.1 Å². The van der Waals surface area contributed by atoms with Crippen molar-refractivity contribution in [3.63, 3.8) is 0 Å². The number of hydrogen-bond acceptors (Lipinski definition) is 11. The number of ether oxygens (including phenoxy) is 2. The van der Waals surface area contributed by atoms with Gasteiger partial charge in [0.05, 0.1) is 34.4 Å². The maximum Gasteiger partial charge on any atom is 0.330 e. The molecule has 16 nitrogen and oxygen atoms in total. The maximum atomic E-state index is 12.7. The Hall–Kier alpha value is -4.87. The molecular formula is C42H53N7O9PS+. The van der Waals surface area contributed by atoms with Gasteiger partial charge in [0.2, 0.25) is 17.3 Å². The van der Waals surface area contributed by atoms with Gasteiger partial charge in [-0.2, -0.15) is 0 Å². The predicted molar refractivity (Wildman–Crippen MR) is 231 cm³/mol. The number of carbonyl (C=O) groups is 2. The highest BCUT2D eigenvalue weighted by Gasteiger charge is 2.40. The molecule has 6 rings (SSSR count). The number of benzene rings is 2. The number of anilines is 1. The van der Waals surface area contributed by atoms with Crippen LogP contribution in [0.3, 0.4) is 0 Å². The second-order valence-corrected chi connectivity index (χ2v) is 17.7. The number of nitrogens with zero attached hydrogens (tertiary/aromatic N) is 4. The second kappa shape index (κ2) is 20.6. The molecule has 18 heteroatoms. The van der Waals surface area contributed by atoms with Crippen molar-refractivity contribution < 1.29 is 37.6 Å². The fourth-order valence-corrected chi connectivity index (χ4v) is 9.02. The summed E-state index contributed by atoms with van der Waals surface area (Å²) in [5, 5.41) is 8.13. The van der Waals surface area contributed by atoms with Crippen LogP contribution in [0.1, 0.15) is 43.0 Å². The first-order valence-electron chi connectivity index (χ1n) is 19.8. The number of unbranched alkanes of at least 4 members (excludes halogenated alkanes) is 1. The molecule has 4 unspecified atom stereocenters. The Balaban J connectivity index is 0.907. The van der Waals surface area contributed by atoms with Crippen molar-refractivity contribution in [3.8, 4) is 0 Å². The average Bonchev–Trinajstić information content (AvgIpc) is 3.76. The summed E-state index contributed by atoms with van der Waals surface area (Å²) in [6.45, 7) is 3.81. The lowest BCUT2D eigenvalue weighted by Crippen LogP contribution is -2.37. The van der Waals surface area contributed by atoms with Crippen molar-refractivity contribution in [2.24, 2.45) is 7.05 Å². The predicted octanol–water partition coefficient (Wildman–Crippen LogP) is 3.61. The van der Waals surface area contributed by atoms with Gasteiger partial charge in [-0.15, -0.1) is 0 Å². The van der Waals surface area contributed by atoms with E-state index in [1.807, 2.05) is 11.9 Å². The third kappa shape index (κ3) is 11.9. The second-order valence-electron chi connectivity index (χ2n) is 14.9. The number of likely N-dealkylation sites (N-methyl/N-ethyl adjacent to an activating group) is 1. The molecule has 320 valence electrons. The summed E-state index contributed by atoms with van der Waals surface area (Å²) in [5.41, 5.74) is 2.12. The van der Waals surface area contributed by atoms with Gasteiger partial charge in [-0.05, 0) is 55.8 Å². The molecule has 0 aliphatic carbocycles. The van der Waals surface area contributed by atoms with Crippen LogP contribution >= 0.6 is 19.4 Å². The van der Waals surface area contributed by atoms with Crippen LogP contribution in [0.4, 0.5) is 5.69 Å². The normalized spacial score (nSPS) is 19.3. The number of aromatic nitrogens is 3. The number of para-hydroxylation sites is 2. The molecule has 60 heavy (non-hydrogen) atoms. The lowest BCUT2D eigenvalue weighted by molar-refractivity contribution is -0.644. The van der Waals surface area contributed by atoms with Gasteiger partial charge in [-0.1, -0.05) is 36.0 Å². The molecule has 2 amide bonds. The van der Waals surface area contributed by atoms with Gasteiger partial charge in [-0.3, -0.25) is 28.5 Å². The summed E-state index contributed by atoms with van der Waals surface area (Å²) in [4.78, 5) is 67.9. The van der Waals surface area contributed by atoms with E-state index in [9.17, 15) is 28.6 Å². The minimum Gasteiger partial charge on any atom is -0.382 e. The highest BCUT2D eigenvalue weighted by molar-refractivity contribution is 8.03. The number of aromatic amines is 1. The summed E-state index contributed by atoms with van der Waals surface area (Å²) in [6, 6.07) is 19.0. The van der Waals surface area contributed by atoms with Crippen LogP contribution in [-0.2, 0) is 35.2 Å². The molecule has 4 N–H and O–H groups in total. The average molecular weight is 863 g/mol. The minimum absolute atomic E-state index is 0.00174. The molecule has 0 saturated carbocycles. The van der Waals surface area contributed by atoms with Gasteiger partial charge in [0, 0.05) is 88.6 Å². The number of rotatable bonds is 19. The number of hydrogen-bond donors (Lipinski definition) is 4. The van der Waals surface area contributed by atoms with Crippen molar-refractivity contribution in [1.29, 1.82) is 0 Å². The molecule has 1 saturated heterocycles. The number of aryl methyl sites for hydroxylation is 1. The summed E-state index contributed by atoms with van der Waals surface area (Å²) in [5.74, 6) is -0.444. The quantitative estimate of drug-likeness (QED) is 0.0465. The number of carbonyl (C=O) groups excluding carboxylic acids is 2. The largest absolute Gasteiger partial charge is 0.382 e. The first-order chi connectivity index (χ1) is 28.8. The Bertz CT molecular complexity index is 2400. The zero-order valence-corrected chi connectivity index (χ0v) is 36.0. The first kappa shape index (κ1) is 44.7. The Morgan fingerprint density at radius 1 is 1.08 bits per heavy atom. The van der Waals surface area contributed by atoms with Crippen LogP contribution < -0.4 is 31.3 Å². The number of pyridine rings is 1. The molecular weight excluding hydrogens is 810 g/mol. The SMILES string of the molecule is COCC1OC(n2cc(/C=C/C(=O)NCCN(C)CCNC(=O)CCCCN3/C(=C/c4cc[n+](C)c5ccccc45)Sc4ccccc43)c(=O)[nH]c2=O)CC1OP(C)(=O)O. The Morgan fingerprint density at radius 3 is 2.62 bits per heavy atom. The summed E-state index contributed by atoms with van der Waals surface area (Å²) in [7, 11) is 1.53. The molecule has 4 heterocycles. The van der Waals surface area contributed by atoms with E-state index >= 15 is 0 Å². The summed E-state index contributed by atoms with van der Waals surface area (Å²) in [6.07, 6.45) is 7.72. The van der Waals surface area contributed by atoms with Crippen LogP contribution in [0.5, 0.6) is 0 Å². The molecule has 0 spiro atoms. The molecule has 0 bridgehead atoms. The van der Waals surface area contributed by atoms with Crippen LogP contribution in [0, 0.1) is 0 Å². The van der Waals surface area contributed by atoms with E-state index in [1.165, 1.54) is 57.5 Å². The lowest BCUT2D eigenvalue weighted by atomic mass is 10.1. The van der Waals surface area contributed by atoms with Gasteiger partial charge in [0.1, 0.15) is 19.4 Å². The van der Waals surface area contributed by atoms with Crippen molar-refractivity contribution >= 4 is 59.9 Å². The number of nitrogens with one attached hydrogen (secondary N) is 3. The van der Waals surface area contributed by atoms with Gasteiger partial charge >= 0.3 is 13.3 Å². The molecule has 2 aromatic carbocycles. The highest BCUT2D eigenvalue weighted by atomic mass is 32.2. The van der Waals surface area contributed by atoms with E-state index < -0.39 is 43.2 Å². The van der Waals surface area contributed by atoms with E-state index in [-0.39, 0.29) is 24.5 Å². The molecule has 0 radical (unpaired) electrons. The molecule has 4 aromatic rings. The number of H-pyrrole nitrogens is 1. The highest BCUT2D eigenvalue weighted by Crippen LogP contribution is 2.47.